The molecule has 3 atom stereocenters. The number of fused-ring (bicyclic) bond motifs is 1. The van der Waals surface area contributed by atoms with Crippen LogP contribution in [0.25, 0.3) is 10.9 Å². The number of aliphatic carboxylic acids is 1. The van der Waals surface area contributed by atoms with Crippen LogP contribution in [0.1, 0.15) is 37.4 Å². The first kappa shape index (κ1) is 25.3. The quantitative estimate of drug-likeness (QED) is 0.380. The van der Waals surface area contributed by atoms with Gasteiger partial charge < -0.3 is 19.8 Å². The zero-order valence-corrected chi connectivity index (χ0v) is 20.7. The smallest absolute Gasteiger partial charge is 0.303 e. The SMILES string of the molecule is COc1ccc2nccc(C(O)CC[C@@H]3CCN(CCSc4cncnc4)C[C@@H]3CC(=O)O)c2c1. The van der Waals surface area contributed by atoms with Gasteiger partial charge in [0.15, 0.2) is 0 Å². The van der Waals surface area contributed by atoms with E-state index in [0.29, 0.717) is 6.42 Å². The molecular weight excluding hydrogens is 464 g/mol. The number of carboxylic acid groups (broad SMARTS) is 1. The minimum atomic E-state index is -0.759. The Balaban J connectivity index is 1.35. The molecular formula is C26H32N4O4S. The Morgan fingerprint density at radius 3 is 2.86 bits per heavy atom. The van der Waals surface area contributed by atoms with Crippen LogP contribution in [0.15, 0.2) is 54.1 Å². The number of ether oxygens (including phenoxy) is 1. The molecule has 2 N–H and O–H groups in total. The highest BCUT2D eigenvalue weighted by atomic mass is 32.2. The first-order valence-corrected chi connectivity index (χ1v) is 12.9. The van der Waals surface area contributed by atoms with E-state index in [-0.39, 0.29) is 18.3 Å². The van der Waals surface area contributed by atoms with Crippen LogP contribution in [0.5, 0.6) is 5.75 Å². The second-order valence-corrected chi connectivity index (χ2v) is 10.2. The summed E-state index contributed by atoms with van der Waals surface area (Å²) in [5, 5.41) is 21.4. The first-order valence-electron chi connectivity index (χ1n) is 12.0. The molecule has 0 radical (unpaired) electrons. The summed E-state index contributed by atoms with van der Waals surface area (Å²) < 4.78 is 5.35. The molecule has 0 bridgehead atoms. The Morgan fingerprint density at radius 2 is 2.09 bits per heavy atom. The van der Waals surface area contributed by atoms with E-state index >= 15 is 0 Å². The maximum absolute atomic E-state index is 11.6. The minimum Gasteiger partial charge on any atom is -0.497 e. The standard InChI is InChI=1S/C26H32N4O4S/c1-34-20-3-4-24-23(13-20)22(6-8-29-24)25(31)5-2-18-7-9-30(16-19(18)12-26(32)33)10-11-35-21-14-27-17-28-15-21/h3-4,6,8,13-15,17-19,25,31H,2,5,7,9-12,16H2,1H3,(H,32,33)/t18-,19+,25?/m1/s1. The fourth-order valence-electron chi connectivity index (χ4n) is 4.94. The van der Waals surface area contributed by atoms with E-state index in [1.54, 1.807) is 25.1 Å². The van der Waals surface area contributed by atoms with Gasteiger partial charge in [-0.15, -0.1) is 11.8 Å². The van der Waals surface area contributed by atoms with E-state index in [1.807, 2.05) is 36.7 Å². The molecule has 0 amide bonds. The molecule has 0 saturated carbocycles. The number of methoxy groups -OCH3 is 1. The van der Waals surface area contributed by atoms with E-state index in [9.17, 15) is 15.0 Å². The summed E-state index contributed by atoms with van der Waals surface area (Å²) in [5.41, 5.74) is 1.65. The van der Waals surface area contributed by atoms with Crippen molar-refractivity contribution in [2.24, 2.45) is 11.8 Å². The lowest BCUT2D eigenvalue weighted by Gasteiger charge is -2.38. The van der Waals surface area contributed by atoms with E-state index in [0.717, 1.165) is 65.3 Å². The van der Waals surface area contributed by atoms with Gasteiger partial charge in [0, 0.05) is 54.1 Å². The van der Waals surface area contributed by atoms with Crippen molar-refractivity contribution in [3.05, 3.63) is 54.7 Å². The second kappa shape index (κ2) is 12.3. The number of likely N-dealkylation sites (tertiary alicyclic amines) is 1. The first-order chi connectivity index (χ1) is 17.0. The molecule has 2 aromatic heterocycles. The van der Waals surface area contributed by atoms with Gasteiger partial charge in [0.2, 0.25) is 0 Å². The molecule has 1 unspecified atom stereocenters. The number of hydrogen-bond donors (Lipinski definition) is 2. The molecule has 1 fully saturated rings. The van der Waals surface area contributed by atoms with Gasteiger partial charge in [-0.3, -0.25) is 9.78 Å². The maximum Gasteiger partial charge on any atom is 0.303 e. The molecule has 3 aromatic rings. The summed E-state index contributed by atoms with van der Waals surface area (Å²) in [4.78, 5) is 27.5. The number of hydrogen-bond acceptors (Lipinski definition) is 8. The molecule has 1 aliphatic rings. The second-order valence-electron chi connectivity index (χ2n) is 9.01. The predicted molar refractivity (Wildman–Crippen MR) is 136 cm³/mol. The fourth-order valence-corrected chi connectivity index (χ4v) is 5.79. The van der Waals surface area contributed by atoms with Gasteiger partial charge in [-0.2, -0.15) is 0 Å². The zero-order chi connectivity index (χ0) is 24.6. The molecule has 9 heteroatoms. The molecule has 3 heterocycles. The molecule has 1 aromatic carbocycles. The lowest BCUT2D eigenvalue weighted by molar-refractivity contribution is -0.139. The molecule has 35 heavy (non-hydrogen) atoms. The third-order valence-electron chi connectivity index (χ3n) is 6.78. The van der Waals surface area contributed by atoms with Crippen molar-refractivity contribution in [2.75, 3.05) is 32.5 Å². The number of carboxylic acids is 1. The van der Waals surface area contributed by atoms with Crippen LogP contribution < -0.4 is 4.74 Å². The third-order valence-corrected chi connectivity index (χ3v) is 7.71. The van der Waals surface area contributed by atoms with E-state index in [4.69, 9.17) is 4.74 Å². The van der Waals surface area contributed by atoms with Gasteiger partial charge >= 0.3 is 5.97 Å². The topological polar surface area (TPSA) is 109 Å². The lowest BCUT2D eigenvalue weighted by atomic mass is 9.79. The van der Waals surface area contributed by atoms with Gasteiger partial charge in [0.1, 0.15) is 12.1 Å². The van der Waals surface area contributed by atoms with Gasteiger partial charge in [-0.05, 0) is 67.5 Å². The number of aromatic nitrogens is 3. The monoisotopic (exact) mass is 496 g/mol. The number of rotatable bonds is 11. The van der Waals surface area contributed by atoms with Crippen LogP contribution in [0.4, 0.5) is 0 Å². The van der Waals surface area contributed by atoms with Gasteiger partial charge in [0.05, 0.1) is 18.7 Å². The third kappa shape index (κ3) is 6.90. The molecule has 0 spiro atoms. The highest BCUT2D eigenvalue weighted by molar-refractivity contribution is 7.99. The van der Waals surface area contributed by atoms with Crippen LogP contribution in [-0.2, 0) is 4.79 Å². The van der Waals surface area contributed by atoms with Crippen LogP contribution in [0.2, 0.25) is 0 Å². The van der Waals surface area contributed by atoms with Crippen molar-refractivity contribution >= 4 is 28.6 Å². The van der Waals surface area contributed by atoms with Crippen molar-refractivity contribution in [3.63, 3.8) is 0 Å². The Morgan fingerprint density at radius 1 is 1.26 bits per heavy atom. The van der Waals surface area contributed by atoms with Crippen molar-refractivity contribution in [2.45, 2.75) is 36.7 Å². The number of nitrogens with zero attached hydrogens (tertiary/aromatic N) is 4. The van der Waals surface area contributed by atoms with Crippen molar-refractivity contribution < 1.29 is 19.7 Å². The summed E-state index contributed by atoms with van der Waals surface area (Å²) in [6.07, 6.45) is 8.70. The van der Waals surface area contributed by atoms with Crippen molar-refractivity contribution in [1.29, 1.82) is 0 Å². The summed E-state index contributed by atoms with van der Waals surface area (Å²) in [5.74, 6) is 1.23. The van der Waals surface area contributed by atoms with Crippen LogP contribution in [0, 0.1) is 11.8 Å². The molecule has 4 rings (SSSR count). The largest absolute Gasteiger partial charge is 0.497 e. The van der Waals surface area contributed by atoms with Gasteiger partial charge in [-0.1, -0.05) is 0 Å². The van der Waals surface area contributed by atoms with Crippen molar-refractivity contribution in [1.82, 2.24) is 19.9 Å². The predicted octanol–water partition coefficient (Wildman–Crippen LogP) is 4.05. The fraction of sp³-hybridized carbons (Fsp3) is 0.462. The Kier molecular flexibility index (Phi) is 8.90. The van der Waals surface area contributed by atoms with E-state index < -0.39 is 12.1 Å². The van der Waals surface area contributed by atoms with Gasteiger partial charge in [0.25, 0.3) is 0 Å². The van der Waals surface area contributed by atoms with Crippen molar-refractivity contribution in [3.8, 4) is 5.75 Å². The summed E-state index contributed by atoms with van der Waals surface area (Å²) in [7, 11) is 1.62. The average Bonchev–Trinajstić information content (AvgIpc) is 2.87. The van der Waals surface area contributed by atoms with E-state index in [1.165, 1.54) is 6.33 Å². The molecule has 1 aliphatic heterocycles. The Bertz CT molecular complexity index is 1120. The minimum absolute atomic E-state index is 0.0767. The molecule has 8 nitrogen and oxygen atoms in total. The average molecular weight is 497 g/mol. The van der Waals surface area contributed by atoms with Crippen LogP contribution in [0.3, 0.4) is 0 Å². The normalized spacial score (nSPS) is 19.5. The summed E-state index contributed by atoms with van der Waals surface area (Å²) in [6, 6.07) is 7.53. The highest BCUT2D eigenvalue weighted by Crippen LogP contribution is 2.35. The number of benzene rings is 1. The lowest BCUT2D eigenvalue weighted by Crippen LogP contribution is -2.42. The Hall–Kier alpha value is -2.75. The van der Waals surface area contributed by atoms with E-state index in [2.05, 4.69) is 19.9 Å². The summed E-state index contributed by atoms with van der Waals surface area (Å²) >= 11 is 1.72. The summed E-state index contributed by atoms with van der Waals surface area (Å²) in [6.45, 7) is 2.61. The number of carbonyl (C=O) groups is 1. The molecule has 0 aliphatic carbocycles. The molecule has 1 saturated heterocycles. The maximum atomic E-state index is 11.6. The number of pyridine rings is 1. The highest BCUT2D eigenvalue weighted by Gasteiger charge is 2.31. The zero-order valence-electron chi connectivity index (χ0n) is 19.9. The Labute approximate surface area is 209 Å². The van der Waals surface area contributed by atoms with Crippen LogP contribution in [-0.4, -0.2) is 68.5 Å². The number of piperidine rings is 1. The number of thioether (sulfide) groups is 1. The number of aliphatic hydroxyl groups excluding tert-OH is 1. The van der Waals surface area contributed by atoms with Crippen LogP contribution >= 0.6 is 11.8 Å². The molecule has 186 valence electrons. The number of aliphatic hydroxyl groups is 1. The van der Waals surface area contributed by atoms with Gasteiger partial charge in [-0.25, -0.2) is 9.97 Å².